The third-order valence-electron chi connectivity index (χ3n) is 2.91. The van der Waals surface area contributed by atoms with E-state index in [1.54, 1.807) is 0 Å². The summed E-state index contributed by atoms with van der Waals surface area (Å²) in [5.74, 6) is 0. The van der Waals surface area contributed by atoms with Crippen molar-refractivity contribution in [1.29, 1.82) is 0 Å². The highest BCUT2D eigenvalue weighted by Crippen LogP contribution is 2.10. The summed E-state index contributed by atoms with van der Waals surface area (Å²) < 4.78 is 0. The van der Waals surface area contributed by atoms with Gasteiger partial charge in [-0.3, -0.25) is 0 Å². The van der Waals surface area contributed by atoms with Crippen molar-refractivity contribution in [2.75, 3.05) is 6.54 Å². The molecule has 0 saturated carbocycles. The average Bonchev–Trinajstić information content (AvgIpc) is 2.26. The summed E-state index contributed by atoms with van der Waals surface area (Å²) >= 11 is 0. The van der Waals surface area contributed by atoms with Gasteiger partial charge in [0.15, 0.2) is 0 Å². The molecule has 2 heteroatoms. The fourth-order valence-electron chi connectivity index (χ4n) is 1.81. The van der Waals surface area contributed by atoms with Gasteiger partial charge in [0.05, 0.1) is 6.10 Å². The number of hydrogen-bond acceptors (Lipinski definition) is 2. The lowest BCUT2D eigenvalue weighted by Gasteiger charge is -2.06. The van der Waals surface area contributed by atoms with E-state index in [1.165, 1.54) is 51.4 Å². The molecule has 92 valence electrons. The monoisotopic (exact) mass is 215 g/mol. The Bertz CT molecular complexity index is 117. The Balaban J connectivity index is 2.92. The van der Waals surface area contributed by atoms with E-state index in [1.807, 2.05) is 0 Å². The van der Waals surface area contributed by atoms with E-state index in [0.29, 0.717) is 6.54 Å². The van der Waals surface area contributed by atoms with Gasteiger partial charge in [-0.2, -0.15) is 0 Å². The van der Waals surface area contributed by atoms with Gasteiger partial charge in [0.1, 0.15) is 0 Å². The molecular formula is C13H29NO. The zero-order valence-electron chi connectivity index (χ0n) is 10.4. The molecule has 0 spiro atoms. The van der Waals surface area contributed by atoms with E-state index in [0.717, 1.165) is 12.8 Å². The van der Waals surface area contributed by atoms with Crippen molar-refractivity contribution >= 4 is 0 Å². The Kier molecular flexibility index (Phi) is 11.9. The van der Waals surface area contributed by atoms with E-state index in [2.05, 4.69) is 6.92 Å². The van der Waals surface area contributed by atoms with Gasteiger partial charge in [-0.05, 0) is 6.42 Å². The minimum Gasteiger partial charge on any atom is -0.392 e. The van der Waals surface area contributed by atoms with Crippen LogP contribution in [0.25, 0.3) is 0 Å². The smallest absolute Gasteiger partial charge is 0.0662 e. The molecule has 0 radical (unpaired) electrons. The Morgan fingerprint density at radius 1 is 0.867 bits per heavy atom. The van der Waals surface area contributed by atoms with Crippen LogP contribution in [0.1, 0.15) is 71.1 Å². The first-order valence-corrected chi connectivity index (χ1v) is 6.69. The van der Waals surface area contributed by atoms with E-state index < -0.39 is 0 Å². The second kappa shape index (κ2) is 12.0. The number of rotatable bonds is 11. The summed E-state index contributed by atoms with van der Waals surface area (Å²) in [5.41, 5.74) is 5.33. The molecule has 0 aliphatic rings. The van der Waals surface area contributed by atoms with Crippen LogP contribution in [0.5, 0.6) is 0 Å². The first-order chi connectivity index (χ1) is 7.31. The van der Waals surface area contributed by atoms with Crippen LogP contribution < -0.4 is 5.73 Å². The molecular weight excluding hydrogens is 186 g/mol. The van der Waals surface area contributed by atoms with E-state index in [-0.39, 0.29) is 6.10 Å². The fourth-order valence-corrected chi connectivity index (χ4v) is 1.81. The molecule has 0 saturated heterocycles. The lowest BCUT2D eigenvalue weighted by molar-refractivity contribution is 0.168. The Morgan fingerprint density at radius 2 is 1.33 bits per heavy atom. The van der Waals surface area contributed by atoms with Gasteiger partial charge in [0.25, 0.3) is 0 Å². The van der Waals surface area contributed by atoms with Crippen LogP contribution in [-0.4, -0.2) is 17.8 Å². The summed E-state index contributed by atoms with van der Waals surface area (Å²) in [6.07, 6.45) is 12.6. The highest BCUT2D eigenvalue weighted by molar-refractivity contribution is 4.55. The number of aliphatic hydroxyl groups excluding tert-OH is 1. The van der Waals surface area contributed by atoms with Crippen LogP contribution in [0.4, 0.5) is 0 Å². The van der Waals surface area contributed by atoms with Crippen LogP contribution in [0.3, 0.4) is 0 Å². The van der Waals surface area contributed by atoms with Gasteiger partial charge in [0, 0.05) is 6.54 Å². The van der Waals surface area contributed by atoms with Crippen molar-refractivity contribution in [2.45, 2.75) is 77.2 Å². The molecule has 0 amide bonds. The molecule has 0 bridgehead atoms. The maximum absolute atomic E-state index is 9.23. The van der Waals surface area contributed by atoms with Gasteiger partial charge in [-0.1, -0.05) is 64.7 Å². The van der Waals surface area contributed by atoms with Crippen molar-refractivity contribution < 1.29 is 5.11 Å². The van der Waals surface area contributed by atoms with Crippen molar-refractivity contribution in [1.82, 2.24) is 0 Å². The SMILES string of the molecule is CCCCCCCCCCCC(O)CN. The first-order valence-electron chi connectivity index (χ1n) is 6.69. The highest BCUT2D eigenvalue weighted by Gasteiger charge is 1.99. The predicted octanol–water partition coefficient (Wildman–Crippen LogP) is 3.23. The third kappa shape index (κ3) is 11.8. The molecule has 0 aromatic carbocycles. The molecule has 0 aliphatic heterocycles. The molecule has 15 heavy (non-hydrogen) atoms. The number of nitrogens with two attached hydrogens (primary N) is 1. The maximum Gasteiger partial charge on any atom is 0.0662 e. The average molecular weight is 215 g/mol. The molecule has 0 aliphatic carbocycles. The largest absolute Gasteiger partial charge is 0.392 e. The molecule has 3 N–H and O–H groups in total. The quantitative estimate of drug-likeness (QED) is 0.520. The van der Waals surface area contributed by atoms with Gasteiger partial charge < -0.3 is 10.8 Å². The van der Waals surface area contributed by atoms with E-state index in [4.69, 9.17) is 5.73 Å². The summed E-state index contributed by atoms with van der Waals surface area (Å²) in [7, 11) is 0. The predicted molar refractivity (Wildman–Crippen MR) is 66.9 cm³/mol. The van der Waals surface area contributed by atoms with Crippen LogP contribution >= 0.6 is 0 Å². The van der Waals surface area contributed by atoms with Crippen LogP contribution in [0.2, 0.25) is 0 Å². The normalized spacial score (nSPS) is 13.0. The minimum atomic E-state index is -0.269. The topological polar surface area (TPSA) is 46.2 Å². The summed E-state index contributed by atoms with van der Waals surface area (Å²) in [4.78, 5) is 0. The van der Waals surface area contributed by atoms with Gasteiger partial charge in [-0.15, -0.1) is 0 Å². The number of unbranched alkanes of at least 4 members (excludes halogenated alkanes) is 8. The Hall–Kier alpha value is -0.0800. The molecule has 0 heterocycles. The third-order valence-corrected chi connectivity index (χ3v) is 2.91. The second-order valence-electron chi connectivity index (χ2n) is 4.51. The fraction of sp³-hybridized carbons (Fsp3) is 1.00. The molecule has 0 aromatic heterocycles. The van der Waals surface area contributed by atoms with Gasteiger partial charge >= 0.3 is 0 Å². The summed E-state index contributed by atoms with van der Waals surface area (Å²) in [6.45, 7) is 2.67. The molecule has 1 unspecified atom stereocenters. The maximum atomic E-state index is 9.23. The van der Waals surface area contributed by atoms with Crippen LogP contribution in [-0.2, 0) is 0 Å². The lowest BCUT2D eigenvalue weighted by atomic mass is 10.1. The van der Waals surface area contributed by atoms with Crippen molar-refractivity contribution in [3.63, 3.8) is 0 Å². The molecule has 1 atom stereocenters. The molecule has 2 nitrogen and oxygen atoms in total. The van der Waals surface area contributed by atoms with Gasteiger partial charge in [0.2, 0.25) is 0 Å². The molecule has 0 fully saturated rings. The lowest BCUT2D eigenvalue weighted by Crippen LogP contribution is -2.19. The zero-order chi connectivity index (χ0) is 11.4. The number of hydrogen-bond donors (Lipinski definition) is 2. The highest BCUT2D eigenvalue weighted by atomic mass is 16.3. The summed E-state index contributed by atoms with van der Waals surface area (Å²) in [6, 6.07) is 0. The van der Waals surface area contributed by atoms with E-state index in [9.17, 15) is 5.11 Å². The molecule has 0 aromatic rings. The Labute approximate surface area is 95.3 Å². The van der Waals surface area contributed by atoms with Crippen LogP contribution in [0.15, 0.2) is 0 Å². The standard InChI is InChI=1S/C13H29NO/c1-2-3-4-5-6-7-8-9-10-11-13(15)12-14/h13,15H,2-12,14H2,1H3. The summed E-state index contributed by atoms with van der Waals surface area (Å²) in [5, 5.41) is 9.23. The molecule has 0 rings (SSSR count). The first kappa shape index (κ1) is 14.9. The van der Waals surface area contributed by atoms with Crippen LogP contribution in [0, 0.1) is 0 Å². The minimum absolute atomic E-state index is 0.269. The number of aliphatic hydroxyl groups is 1. The van der Waals surface area contributed by atoms with Crippen molar-refractivity contribution in [3.05, 3.63) is 0 Å². The second-order valence-corrected chi connectivity index (χ2v) is 4.51. The zero-order valence-corrected chi connectivity index (χ0v) is 10.4. The Morgan fingerprint density at radius 3 is 1.80 bits per heavy atom. The van der Waals surface area contributed by atoms with Crippen molar-refractivity contribution in [2.24, 2.45) is 5.73 Å². The van der Waals surface area contributed by atoms with Crippen molar-refractivity contribution in [3.8, 4) is 0 Å². The van der Waals surface area contributed by atoms with Gasteiger partial charge in [-0.25, -0.2) is 0 Å². The van der Waals surface area contributed by atoms with E-state index >= 15 is 0 Å².